The fraction of sp³-hybridized carbons (Fsp3) is 0.133. The molecule has 0 unspecified atom stereocenters. The van der Waals surface area contributed by atoms with Crippen molar-refractivity contribution in [3.05, 3.63) is 65.2 Å². The molecule has 0 aliphatic rings. The molecule has 0 spiro atoms. The van der Waals surface area contributed by atoms with Gasteiger partial charge in [0, 0.05) is 0 Å². The Balaban J connectivity index is 2.49. The van der Waals surface area contributed by atoms with Crippen molar-refractivity contribution < 1.29 is 14.3 Å². The third-order valence-electron chi connectivity index (χ3n) is 2.80. The molecule has 0 bridgehead atoms. The average Bonchev–Trinajstić information content (AvgIpc) is 2.49. The normalized spacial score (nSPS) is 9.58. The van der Waals surface area contributed by atoms with E-state index in [4.69, 9.17) is 9.47 Å². The summed E-state index contributed by atoms with van der Waals surface area (Å²) in [5.74, 6) is 1.23. The van der Waals surface area contributed by atoms with Gasteiger partial charge in [0.2, 0.25) is 0 Å². The molecular weight excluding hydrogens is 240 g/mol. The largest absolute Gasteiger partial charge is 0.493 e. The molecule has 0 saturated carbocycles. The summed E-state index contributed by atoms with van der Waals surface area (Å²) in [6.07, 6.45) is 0. The number of hydrogen-bond donors (Lipinski definition) is 0. The van der Waals surface area contributed by atoms with Gasteiger partial charge in [0.15, 0.2) is 11.5 Å². The van der Waals surface area contributed by atoms with Crippen LogP contribution in [0.2, 0.25) is 0 Å². The summed E-state index contributed by atoms with van der Waals surface area (Å²) in [6.45, 7) is 0. The molecule has 0 aromatic heterocycles. The Bertz CT molecular complexity index is 617. The molecule has 2 aromatic rings. The van der Waals surface area contributed by atoms with Crippen molar-refractivity contribution in [3.63, 3.8) is 0 Å². The summed E-state index contributed by atoms with van der Waals surface area (Å²) >= 11 is 0. The number of rotatable bonds is 4. The zero-order chi connectivity index (χ0) is 13.7. The monoisotopic (exact) mass is 254 g/mol. The predicted octanol–water partition coefficient (Wildman–Crippen LogP) is 2.77. The van der Waals surface area contributed by atoms with E-state index in [2.05, 4.69) is 4.79 Å². The van der Waals surface area contributed by atoms with Gasteiger partial charge in [0.05, 0.1) is 25.3 Å². The van der Waals surface area contributed by atoms with Crippen molar-refractivity contribution in [2.24, 2.45) is 0 Å². The molecule has 0 aliphatic heterocycles. The van der Waals surface area contributed by atoms with Crippen molar-refractivity contribution >= 4 is 5.71 Å². The third-order valence-corrected chi connectivity index (χ3v) is 2.80. The molecule has 4 nitrogen and oxygen atoms in total. The average molecular weight is 254 g/mol. The molecule has 0 fully saturated rings. The van der Waals surface area contributed by atoms with Crippen LogP contribution in [-0.2, 0) is 0 Å². The Labute approximate surface area is 111 Å². The molecular formula is C15H14N2O2. The fourth-order valence-corrected chi connectivity index (χ4v) is 1.86. The van der Waals surface area contributed by atoms with E-state index >= 15 is 0 Å². The minimum absolute atomic E-state index is 0.488. The summed E-state index contributed by atoms with van der Waals surface area (Å²) < 4.78 is 10.4. The second-order valence-electron chi connectivity index (χ2n) is 3.88. The molecule has 0 amide bonds. The van der Waals surface area contributed by atoms with Crippen LogP contribution in [0.5, 0.6) is 11.5 Å². The third kappa shape index (κ3) is 2.64. The summed E-state index contributed by atoms with van der Waals surface area (Å²) in [5, 5.41) is 0. The van der Waals surface area contributed by atoms with E-state index in [1.807, 2.05) is 36.4 Å². The molecule has 0 saturated heterocycles. The van der Waals surface area contributed by atoms with Gasteiger partial charge in [-0.3, -0.25) is 0 Å². The summed E-state index contributed by atoms with van der Waals surface area (Å²) in [5.41, 5.74) is 11.3. The number of nitrogens with zero attached hydrogens (tertiary/aromatic N) is 2. The maximum atomic E-state index is 9.24. The van der Waals surface area contributed by atoms with Crippen molar-refractivity contribution in [2.45, 2.75) is 0 Å². The van der Waals surface area contributed by atoms with Crippen LogP contribution in [0.25, 0.3) is 5.53 Å². The van der Waals surface area contributed by atoms with E-state index in [9.17, 15) is 5.53 Å². The Hall–Kier alpha value is -2.58. The first-order chi connectivity index (χ1) is 9.30. The van der Waals surface area contributed by atoms with Crippen molar-refractivity contribution in [1.82, 2.24) is 0 Å². The smallest absolute Gasteiger partial charge is 0.329 e. The second kappa shape index (κ2) is 5.85. The van der Waals surface area contributed by atoms with Gasteiger partial charge in [-0.25, -0.2) is 0 Å². The first-order valence-electron chi connectivity index (χ1n) is 5.80. The highest BCUT2D eigenvalue weighted by atomic mass is 16.5. The lowest BCUT2D eigenvalue weighted by molar-refractivity contribution is -0.00280. The Kier molecular flexibility index (Phi) is 3.96. The van der Waals surface area contributed by atoms with Crippen LogP contribution in [-0.4, -0.2) is 24.7 Å². The van der Waals surface area contributed by atoms with E-state index in [1.54, 1.807) is 26.4 Å². The molecule has 0 radical (unpaired) electrons. The van der Waals surface area contributed by atoms with Gasteiger partial charge in [-0.2, -0.15) is 4.79 Å². The molecule has 4 heteroatoms. The summed E-state index contributed by atoms with van der Waals surface area (Å²) in [4.78, 5) is 3.38. The maximum absolute atomic E-state index is 9.24. The highest BCUT2D eigenvalue weighted by Crippen LogP contribution is 2.28. The molecule has 0 N–H and O–H groups in total. The first kappa shape index (κ1) is 12.9. The standard InChI is InChI=1S/C15H14N2O2/c1-18-13-9-8-12(10-14(13)19-2)15(17-16)11-6-4-3-5-7-11/h3-10H,1-2H3. The van der Waals surface area contributed by atoms with Crippen LogP contribution >= 0.6 is 0 Å². The number of hydrogen-bond acceptors (Lipinski definition) is 2. The lowest BCUT2D eigenvalue weighted by Gasteiger charge is -2.07. The Morgan fingerprint density at radius 2 is 1.58 bits per heavy atom. The SMILES string of the molecule is COc1ccc(C(=[N+]=[N-])c2ccccc2)cc1OC. The van der Waals surface area contributed by atoms with E-state index in [0.717, 1.165) is 11.1 Å². The Morgan fingerprint density at radius 3 is 2.16 bits per heavy atom. The lowest BCUT2D eigenvalue weighted by atomic mass is 10.0. The van der Waals surface area contributed by atoms with E-state index in [-0.39, 0.29) is 0 Å². The van der Waals surface area contributed by atoms with Gasteiger partial charge < -0.3 is 15.0 Å². The summed E-state index contributed by atoms with van der Waals surface area (Å²) in [7, 11) is 3.15. The van der Waals surface area contributed by atoms with Crippen LogP contribution in [0.3, 0.4) is 0 Å². The van der Waals surface area contributed by atoms with Crippen LogP contribution in [0.4, 0.5) is 0 Å². The van der Waals surface area contributed by atoms with Gasteiger partial charge in [-0.15, -0.1) is 0 Å². The van der Waals surface area contributed by atoms with Crippen LogP contribution in [0, 0.1) is 0 Å². The molecule has 2 rings (SSSR count). The molecule has 0 atom stereocenters. The molecule has 96 valence electrons. The summed E-state index contributed by atoms with van der Waals surface area (Å²) in [6, 6.07) is 14.8. The van der Waals surface area contributed by atoms with Crippen molar-refractivity contribution in [3.8, 4) is 11.5 Å². The molecule has 0 heterocycles. The zero-order valence-electron chi connectivity index (χ0n) is 10.8. The highest BCUT2D eigenvalue weighted by Gasteiger charge is 2.17. The van der Waals surface area contributed by atoms with Gasteiger partial charge in [0.25, 0.3) is 0 Å². The topological polar surface area (TPSA) is 54.9 Å². The maximum Gasteiger partial charge on any atom is 0.329 e. The van der Waals surface area contributed by atoms with E-state index < -0.39 is 0 Å². The number of methoxy groups -OCH3 is 2. The fourth-order valence-electron chi connectivity index (χ4n) is 1.86. The van der Waals surface area contributed by atoms with Gasteiger partial charge in [-0.05, 0) is 30.3 Å². The van der Waals surface area contributed by atoms with Gasteiger partial charge >= 0.3 is 5.71 Å². The van der Waals surface area contributed by atoms with Gasteiger partial charge in [0.1, 0.15) is 0 Å². The predicted molar refractivity (Wildman–Crippen MR) is 72.8 cm³/mol. The minimum atomic E-state index is 0.488. The molecule has 19 heavy (non-hydrogen) atoms. The van der Waals surface area contributed by atoms with Crippen LogP contribution in [0.15, 0.2) is 48.5 Å². The minimum Gasteiger partial charge on any atom is -0.493 e. The van der Waals surface area contributed by atoms with Crippen LogP contribution in [0.1, 0.15) is 11.1 Å². The number of ether oxygens (including phenoxy) is 2. The lowest BCUT2D eigenvalue weighted by Crippen LogP contribution is -2.05. The van der Waals surface area contributed by atoms with Crippen molar-refractivity contribution in [1.29, 1.82) is 0 Å². The van der Waals surface area contributed by atoms with Crippen molar-refractivity contribution in [2.75, 3.05) is 14.2 Å². The second-order valence-corrected chi connectivity index (χ2v) is 3.88. The molecule has 2 aromatic carbocycles. The first-order valence-corrected chi connectivity index (χ1v) is 5.80. The highest BCUT2D eigenvalue weighted by molar-refractivity contribution is 6.09. The van der Waals surface area contributed by atoms with Crippen LogP contribution < -0.4 is 9.47 Å². The van der Waals surface area contributed by atoms with E-state index in [0.29, 0.717) is 17.2 Å². The zero-order valence-corrected chi connectivity index (χ0v) is 10.8. The molecule has 0 aliphatic carbocycles. The van der Waals surface area contributed by atoms with Gasteiger partial charge in [-0.1, -0.05) is 18.2 Å². The quantitative estimate of drug-likeness (QED) is 0.478. The number of benzene rings is 2. The van der Waals surface area contributed by atoms with E-state index in [1.165, 1.54) is 0 Å². The Morgan fingerprint density at radius 1 is 0.895 bits per heavy atom.